The summed E-state index contributed by atoms with van der Waals surface area (Å²) in [5, 5.41) is 0. The Labute approximate surface area is 150 Å². The summed E-state index contributed by atoms with van der Waals surface area (Å²) < 4.78 is 26.6. The predicted molar refractivity (Wildman–Crippen MR) is 100 cm³/mol. The molecular formula is C23H15F2N. The number of nitrogens with zero attached hydrogens (tertiary/aromatic N) is 1. The Morgan fingerprint density at radius 2 is 1.12 bits per heavy atom. The summed E-state index contributed by atoms with van der Waals surface area (Å²) in [6.07, 6.45) is 1.78. The van der Waals surface area contributed by atoms with Crippen molar-refractivity contribution >= 4 is 0 Å². The molecule has 0 unspecified atom stereocenters. The molecule has 0 N–H and O–H groups in total. The fourth-order valence-electron chi connectivity index (χ4n) is 2.94. The maximum atomic E-state index is 13.4. The smallest absolute Gasteiger partial charge is 0.123 e. The fourth-order valence-corrected chi connectivity index (χ4v) is 2.94. The molecule has 0 aliphatic rings. The number of benzene rings is 3. The molecule has 0 fully saturated rings. The quantitative estimate of drug-likeness (QED) is 0.422. The molecule has 0 spiro atoms. The highest BCUT2D eigenvalue weighted by Gasteiger charge is 2.11. The summed E-state index contributed by atoms with van der Waals surface area (Å²) >= 11 is 0. The normalized spacial score (nSPS) is 10.7. The molecule has 126 valence electrons. The Kier molecular flexibility index (Phi) is 4.28. The average molecular weight is 343 g/mol. The molecule has 0 amide bonds. The van der Waals surface area contributed by atoms with Gasteiger partial charge in [0.25, 0.3) is 0 Å². The van der Waals surface area contributed by atoms with Crippen molar-refractivity contribution < 1.29 is 8.78 Å². The van der Waals surface area contributed by atoms with Gasteiger partial charge in [0.05, 0.1) is 5.69 Å². The van der Waals surface area contributed by atoms with Crippen LogP contribution in [-0.2, 0) is 0 Å². The maximum Gasteiger partial charge on any atom is 0.123 e. The predicted octanol–water partition coefficient (Wildman–Crippen LogP) is 6.36. The van der Waals surface area contributed by atoms with E-state index < -0.39 is 0 Å². The fraction of sp³-hybridized carbons (Fsp3) is 0. The van der Waals surface area contributed by atoms with Gasteiger partial charge < -0.3 is 0 Å². The lowest BCUT2D eigenvalue weighted by atomic mass is 9.96. The molecule has 0 aliphatic carbocycles. The first-order valence-corrected chi connectivity index (χ1v) is 8.28. The van der Waals surface area contributed by atoms with E-state index in [1.807, 2.05) is 36.4 Å². The molecule has 0 saturated carbocycles. The van der Waals surface area contributed by atoms with E-state index in [2.05, 4.69) is 4.98 Å². The summed E-state index contributed by atoms with van der Waals surface area (Å²) in [4.78, 5) is 4.66. The molecule has 0 radical (unpaired) electrons. The summed E-state index contributed by atoms with van der Waals surface area (Å²) in [6, 6.07) is 24.5. The van der Waals surface area contributed by atoms with Crippen LogP contribution in [-0.4, -0.2) is 4.98 Å². The molecule has 0 bridgehead atoms. The summed E-state index contributed by atoms with van der Waals surface area (Å²) in [6.45, 7) is 0. The van der Waals surface area contributed by atoms with Gasteiger partial charge in [-0.3, -0.25) is 4.98 Å². The SMILES string of the molecule is Fc1ccc(-c2cnc(-c3ccccc3)c(-c3ccc(F)cc3)c2)cc1. The third-order valence-electron chi connectivity index (χ3n) is 4.27. The van der Waals surface area contributed by atoms with Gasteiger partial charge in [0.15, 0.2) is 0 Å². The van der Waals surface area contributed by atoms with Crippen LogP contribution in [0.4, 0.5) is 8.78 Å². The van der Waals surface area contributed by atoms with Crippen molar-refractivity contribution in [1.29, 1.82) is 0 Å². The number of halogens is 2. The zero-order chi connectivity index (χ0) is 17.9. The molecule has 3 aromatic carbocycles. The third kappa shape index (κ3) is 3.24. The maximum absolute atomic E-state index is 13.4. The van der Waals surface area contributed by atoms with Gasteiger partial charge in [-0.15, -0.1) is 0 Å². The molecule has 1 nitrogen and oxygen atoms in total. The molecule has 1 aromatic heterocycles. The van der Waals surface area contributed by atoms with Crippen LogP contribution in [0.1, 0.15) is 0 Å². The molecule has 4 rings (SSSR count). The highest BCUT2D eigenvalue weighted by molar-refractivity contribution is 5.84. The van der Waals surface area contributed by atoms with Crippen LogP contribution < -0.4 is 0 Å². The first-order valence-electron chi connectivity index (χ1n) is 8.28. The molecule has 0 atom stereocenters. The van der Waals surface area contributed by atoms with Crippen LogP contribution in [0.2, 0.25) is 0 Å². The van der Waals surface area contributed by atoms with Gasteiger partial charge in [-0.1, -0.05) is 54.6 Å². The minimum absolute atomic E-state index is 0.277. The lowest BCUT2D eigenvalue weighted by Crippen LogP contribution is -1.92. The second-order valence-electron chi connectivity index (χ2n) is 6.00. The topological polar surface area (TPSA) is 12.9 Å². The number of aromatic nitrogens is 1. The van der Waals surface area contributed by atoms with E-state index >= 15 is 0 Å². The van der Waals surface area contributed by atoms with Gasteiger partial charge in [0, 0.05) is 22.9 Å². The molecule has 4 aromatic rings. The van der Waals surface area contributed by atoms with E-state index in [1.54, 1.807) is 30.5 Å². The van der Waals surface area contributed by atoms with Gasteiger partial charge in [0.1, 0.15) is 11.6 Å². The Bertz CT molecular complexity index is 1020. The molecule has 0 saturated heterocycles. The minimum Gasteiger partial charge on any atom is -0.255 e. The number of rotatable bonds is 3. The van der Waals surface area contributed by atoms with Crippen molar-refractivity contribution in [3.8, 4) is 33.5 Å². The lowest BCUT2D eigenvalue weighted by molar-refractivity contribution is 0.627. The lowest BCUT2D eigenvalue weighted by Gasteiger charge is -2.12. The molecule has 1 heterocycles. The molecule has 26 heavy (non-hydrogen) atoms. The Hall–Kier alpha value is -3.33. The van der Waals surface area contributed by atoms with E-state index in [4.69, 9.17) is 0 Å². The van der Waals surface area contributed by atoms with Gasteiger partial charge in [-0.2, -0.15) is 0 Å². The van der Waals surface area contributed by atoms with E-state index in [1.165, 1.54) is 24.3 Å². The van der Waals surface area contributed by atoms with Crippen molar-refractivity contribution in [1.82, 2.24) is 4.98 Å². The van der Waals surface area contributed by atoms with Crippen LogP contribution in [0.15, 0.2) is 91.1 Å². The van der Waals surface area contributed by atoms with Crippen LogP contribution in [0.25, 0.3) is 33.5 Å². The highest BCUT2D eigenvalue weighted by Crippen LogP contribution is 2.34. The first kappa shape index (κ1) is 16.2. The molecular weight excluding hydrogens is 328 g/mol. The zero-order valence-electron chi connectivity index (χ0n) is 13.9. The number of pyridine rings is 1. The van der Waals surface area contributed by atoms with Crippen LogP contribution >= 0.6 is 0 Å². The van der Waals surface area contributed by atoms with Gasteiger partial charge in [-0.25, -0.2) is 8.78 Å². The largest absolute Gasteiger partial charge is 0.255 e. The van der Waals surface area contributed by atoms with E-state index in [9.17, 15) is 8.78 Å². The summed E-state index contributed by atoms with van der Waals surface area (Å²) in [7, 11) is 0. The second-order valence-corrected chi connectivity index (χ2v) is 6.00. The molecule has 3 heteroatoms. The third-order valence-corrected chi connectivity index (χ3v) is 4.27. The number of hydrogen-bond acceptors (Lipinski definition) is 1. The van der Waals surface area contributed by atoms with Crippen molar-refractivity contribution in [3.63, 3.8) is 0 Å². The summed E-state index contributed by atoms with van der Waals surface area (Å²) in [5.74, 6) is -0.556. The second kappa shape index (κ2) is 6.89. The highest BCUT2D eigenvalue weighted by atomic mass is 19.1. The first-order chi connectivity index (χ1) is 12.7. The van der Waals surface area contributed by atoms with Crippen LogP contribution in [0.3, 0.4) is 0 Å². The molecule has 0 aliphatic heterocycles. The van der Waals surface area contributed by atoms with Crippen molar-refractivity contribution in [2.75, 3.05) is 0 Å². The van der Waals surface area contributed by atoms with E-state index in [-0.39, 0.29) is 11.6 Å². The Balaban J connectivity index is 1.90. The average Bonchev–Trinajstić information content (AvgIpc) is 2.69. The van der Waals surface area contributed by atoms with Gasteiger partial charge in [0.2, 0.25) is 0 Å². The van der Waals surface area contributed by atoms with Crippen molar-refractivity contribution in [3.05, 3.63) is 103 Å². The monoisotopic (exact) mass is 343 g/mol. The van der Waals surface area contributed by atoms with Crippen LogP contribution in [0, 0.1) is 11.6 Å². The van der Waals surface area contributed by atoms with E-state index in [0.717, 1.165) is 33.5 Å². The van der Waals surface area contributed by atoms with Crippen molar-refractivity contribution in [2.24, 2.45) is 0 Å². The Morgan fingerprint density at radius 1 is 0.538 bits per heavy atom. The number of hydrogen-bond donors (Lipinski definition) is 0. The zero-order valence-corrected chi connectivity index (χ0v) is 13.9. The van der Waals surface area contributed by atoms with E-state index in [0.29, 0.717) is 0 Å². The standard InChI is InChI=1S/C23H15F2N/c24-20-10-6-16(7-11-20)19-14-22(17-8-12-21(25)13-9-17)23(26-15-19)18-4-2-1-3-5-18/h1-15H. The Morgan fingerprint density at radius 3 is 1.73 bits per heavy atom. The van der Waals surface area contributed by atoms with Crippen molar-refractivity contribution in [2.45, 2.75) is 0 Å². The van der Waals surface area contributed by atoms with Gasteiger partial charge >= 0.3 is 0 Å². The minimum atomic E-state index is -0.280. The van der Waals surface area contributed by atoms with Gasteiger partial charge in [-0.05, 0) is 41.5 Å². The van der Waals surface area contributed by atoms with Crippen LogP contribution in [0.5, 0.6) is 0 Å². The summed E-state index contributed by atoms with van der Waals surface area (Å²) in [5.41, 5.74) is 5.34.